The van der Waals surface area contributed by atoms with E-state index in [9.17, 15) is 4.79 Å². The Bertz CT molecular complexity index is 579. The molecule has 2 rings (SSSR count). The van der Waals surface area contributed by atoms with Gasteiger partial charge in [-0.1, -0.05) is 6.92 Å². The lowest BCUT2D eigenvalue weighted by molar-refractivity contribution is 0.0929. The highest BCUT2D eigenvalue weighted by Gasteiger charge is 2.13. The molecule has 1 unspecified atom stereocenters. The zero-order chi connectivity index (χ0) is 13.8. The molecule has 2 aromatic heterocycles. The number of hydrogen-bond donors (Lipinski definition) is 3. The Morgan fingerprint density at radius 1 is 1.58 bits per heavy atom. The molecular weight excluding hydrogens is 244 g/mol. The predicted octanol–water partition coefficient (Wildman–Crippen LogP) is 1.16. The molecule has 2 aromatic rings. The summed E-state index contributed by atoms with van der Waals surface area (Å²) in [7, 11) is 0. The smallest absolute Gasteiger partial charge is 0.253 e. The van der Waals surface area contributed by atoms with Crippen molar-refractivity contribution in [1.82, 2.24) is 20.5 Å². The van der Waals surface area contributed by atoms with Gasteiger partial charge in [0.15, 0.2) is 5.65 Å². The fourth-order valence-corrected chi connectivity index (χ4v) is 1.95. The Kier molecular flexibility index (Phi) is 4.11. The molecule has 0 bridgehead atoms. The number of aromatic nitrogens is 3. The van der Waals surface area contributed by atoms with Gasteiger partial charge in [-0.3, -0.25) is 9.89 Å². The number of carbonyl (C=O) groups excluding carboxylic acids is 1. The van der Waals surface area contributed by atoms with Crippen LogP contribution in [0.2, 0.25) is 0 Å². The Balaban J connectivity index is 2.18. The van der Waals surface area contributed by atoms with E-state index in [1.165, 1.54) is 6.20 Å². The molecule has 0 aliphatic heterocycles. The van der Waals surface area contributed by atoms with Crippen LogP contribution >= 0.6 is 0 Å². The summed E-state index contributed by atoms with van der Waals surface area (Å²) in [6.45, 7) is 3.93. The third kappa shape index (κ3) is 2.90. The molecule has 0 aromatic carbocycles. The molecule has 102 valence electrons. The van der Waals surface area contributed by atoms with E-state index in [1.807, 2.05) is 13.8 Å². The molecular formula is C13H18N4O2. The fourth-order valence-electron chi connectivity index (χ4n) is 1.95. The summed E-state index contributed by atoms with van der Waals surface area (Å²) in [5, 5.41) is 19.5. The van der Waals surface area contributed by atoms with E-state index in [1.54, 1.807) is 6.07 Å². The van der Waals surface area contributed by atoms with Crippen LogP contribution in [0.1, 0.15) is 35.8 Å². The van der Waals surface area contributed by atoms with Gasteiger partial charge in [-0.25, -0.2) is 4.98 Å². The number of aromatic amines is 1. The van der Waals surface area contributed by atoms with Gasteiger partial charge in [0.05, 0.1) is 5.56 Å². The second-order valence-corrected chi connectivity index (χ2v) is 4.53. The molecule has 0 spiro atoms. The summed E-state index contributed by atoms with van der Waals surface area (Å²) >= 11 is 0. The number of pyridine rings is 1. The van der Waals surface area contributed by atoms with Crippen LogP contribution < -0.4 is 5.32 Å². The van der Waals surface area contributed by atoms with Gasteiger partial charge >= 0.3 is 0 Å². The van der Waals surface area contributed by atoms with Crippen molar-refractivity contribution < 1.29 is 9.90 Å². The molecule has 1 atom stereocenters. The van der Waals surface area contributed by atoms with Crippen LogP contribution in [0, 0.1) is 6.92 Å². The van der Waals surface area contributed by atoms with E-state index in [2.05, 4.69) is 20.5 Å². The maximum Gasteiger partial charge on any atom is 0.253 e. The van der Waals surface area contributed by atoms with Crippen molar-refractivity contribution >= 4 is 16.9 Å². The normalized spacial score (nSPS) is 12.6. The zero-order valence-electron chi connectivity index (χ0n) is 11.1. The molecule has 0 aliphatic carbocycles. The van der Waals surface area contributed by atoms with E-state index >= 15 is 0 Å². The van der Waals surface area contributed by atoms with Gasteiger partial charge in [0.2, 0.25) is 0 Å². The highest BCUT2D eigenvalue weighted by Crippen LogP contribution is 2.14. The largest absolute Gasteiger partial charge is 0.396 e. The number of amides is 1. The topological polar surface area (TPSA) is 90.9 Å². The summed E-state index contributed by atoms with van der Waals surface area (Å²) in [6, 6.07) is 1.76. The molecule has 3 N–H and O–H groups in total. The van der Waals surface area contributed by atoms with Gasteiger partial charge < -0.3 is 10.4 Å². The third-order valence-electron chi connectivity index (χ3n) is 3.17. The zero-order valence-corrected chi connectivity index (χ0v) is 11.1. The van der Waals surface area contributed by atoms with E-state index in [0.29, 0.717) is 17.6 Å². The molecule has 19 heavy (non-hydrogen) atoms. The number of carbonyl (C=O) groups is 1. The lowest BCUT2D eigenvalue weighted by atomic mass is 10.1. The van der Waals surface area contributed by atoms with Gasteiger partial charge in [-0.05, 0) is 25.8 Å². The van der Waals surface area contributed by atoms with Gasteiger partial charge in [-0.15, -0.1) is 0 Å². The first-order valence-corrected chi connectivity index (χ1v) is 6.38. The van der Waals surface area contributed by atoms with E-state index in [4.69, 9.17) is 5.11 Å². The number of H-pyrrole nitrogens is 1. The summed E-state index contributed by atoms with van der Waals surface area (Å²) in [4.78, 5) is 16.3. The van der Waals surface area contributed by atoms with E-state index in [0.717, 1.165) is 17.5 Å². The minimum Gasteiger partial charge on any atom is -0.396 e. The number of rotatable bonds is 5. The van der Waals surface area contributed by atoms with Crippen LogP contribution in [0.25, 0.3) is 11.0 Å². The van der Waals surface area contributed by atoms with Gasteiger partial charge in [0.1, 0.15) is 0 Å². The van der Waals surface area contributed by atoms with Crippen molar-refractivity contribution in [2.75, 3.05) is 6.61 Å². The molecule has 2 heterocycles. The highest BCUT2D eigenvalue weighted by atomic mass is 16.3. The third-order valence-corrected chi connectivity index (χ3v) is 3.17. The molecule has 6 heteroatoms. The maximum absolute atomic E-state index is 12.1. The number of hydrogen-bond acceptors (Lipinski definition) is 4. The first-order valence-electron chi connectivity index (χ1n) is 6.38. The summed E-state index contributed by atoms with van der Waals surface area (Å²) < 4.78 is 0. The quantitative estimate of drug-likeness (QED) is 0.754. The van der Waals surface area contributed by atoms with Crippen LogP contribution in [0.4, 0.5) is 0 Å². The summed E-state index contributed by atoms with van der Waals surface area (Å²) in [5.74, 6) is -0.171. The average Bonchev–Trinajstić information content (AvgIpc) is 2.79. The number of aliphatic hydroxyl groups excluding tert-OH is 1. The lowest BCUT2D eigenvalue weighted by Gasteiger charge is -2.15. The Labute approximate surface area is 111 Å². The van der Waals surface area contributed by atoms with Crippen molar-refractivity contribution in [2.45, 2.75) is 32.7 Å². The van der Waals surface area contributed by atoms with E-state index in [-0.39, 0.29) is 18.6 Å². The summed E-state index contributed by atoms with van der Waals surface area (Å²) in [6.07, 6.45) is 2.86. The SMILES string of the molecule is CCC(CCO)NC(=O)c1cnc2n[nH]c(C)c2c1. The first kappa shape index (κ1) is 13.5. The molecule has 0 aliphatic rings. The van der Waals surface area contributed by atoms with Crippen LogP contribution in [-0.2, 0) is 0 Å². The average molecular weight is 262 g/mol. The number of nitrogens with one attached hydrogen (secondary N) is 2. The monoisotopic (exact) mass is 262 g/mol. The minimum absolute atomic E-state index is 0.0151. The second kappa shape index (κ2) is 5.79. The molecule has 0 radical (unpaired) electrons. The standard InChI is InChI=1S/C13H18N4O2/c1-3-10(4-5-18)15-13(19)9-6-11-8(2)16-17-12(11)14-7-9/h6-7,10,18H,3-5H2,1-2H3,(H,15,19)(H,14,16,17). The number of fused-ring (bicyclic) bond motifs is 1. The maximum atomic E-state index is 12.1. The van der Waals surface area contributed by atoms with Crippen molar-refractivity contribution in [3.8, 4) is 0 Å². The Hall–Kier alpha value is -1.95. The second-order valence-electron chi connectivity index (χ2n) is 4.53. The van der Waals surface area contributed by atoms with Crippen LogP contribution in [0.5, 0.6) is 0 Å². The van der Waals surface area contributed by atoms with Crippen molar-refractivity contribution in [2.24, 2.45) is 0 Å². The number of aryl methyl sites for hydroxylation is 1. The Morgan fingerprint density at radius 3 is 3.05 bits per heavy atom. The summed E-state index contributed by atoms with van der Waals surface area (Å²) in [5.41, 5.74) is 2.00. The Morgan fingerprint density at radius 2 is 2.37 bits per heavy atom. The lowest BCUT2D eigenvalue weighted by Crippen LogP contribution is -2.35. The predicted molar refractivity (Wildman–Crippen MR) is 71.9 cm³/mol. The van der Waals surface area contributed by atoms with Crippen molar-refractivity contribution in [1.29, 1.82) is 0 Å². The van der Waals surface area contributed by atoms with Crippen molar-refractivity contribution in [3.05, 3.63) is 23.5 Å². The molecule has 0 fully saturated rings. The minimum atomic E-state index is -0.171. The van der Waals surface area contributed by atoms with Gasteiger partial charge in [-0.2, -0.15) is 5.10 Å². The molecule has 0 saturated heterocycles. The molecule has 6 nitrogen and oxygen atoms in total. The number of nitrogens with zero attached hydrogens (tertiary/aromatic N) is 2. The van der Waals surface area contributed by atoms with E-state index < -0.39 is 0 Å². The van der Waals surface area contributed by atoms with Crippen LogP contribution in [0.15, 0.2) is 12.3 Å². The molecule has 0 saturated carbocycles. The van der Waals surface area contributed by atoms with Crippen LogP contribution in [0.3, 0.4) is 0 Å². The number of aliphatic hydroxyl groups is 1. The van der Waals surface area contributed by atoms with Gasteiger partial charge in [0, 0.05) is 29.9 Å². The van der Waals surface area contributed by atoms with Gasteiger partial charge in [0.25, 0.3) is 5.91 Å². The molecule has 1 amide bonds. The highest BCUT2D eigenvalue weighted by molar-refractivity contribution is 5.97. The fraction of sp³-hybridized carbons (Fsp3) is 0.462. The van der Waals surface area contributed by atoms with Crippen LogP contribution in [-0.4, -0.2) is 38.8 Å². The van der Waals surface area contributed by atoms with Crippen molar-refractivity contribution in [3.63, 3.8) is 0 Å². The first-order chi connectivity index (χ1) is 9.15.